The van der Waals surface area contributed by atoms with E-state index >= 15 is 0 Å². The molecular formula is C17H10BF9. The molecule has 0 aromatic heterocycles. The monoisotopic (exact) mass is 396 g/mol. The molecule has 27 heavy (non-hydrogen) atoms. The highest BCUT2D eigenvalue weighted by molar-refractivity contribution is 6.68. The standard InChI is InChI=1S/C17H10BF9/c1-2-9-3-5-11(6-4-9)18-14-12(16(22,23)24)7-10(15(19,20)21)8-13(14)17(25,26)27/h2-8,18H,1H2. The first kappa shape index (κ1) is 20.9. The Balaban J connectivity index is 2.73. The molecule has 0 saturated carbocycles. The van der Waals surface area contributed by atoms with Crippen LogP contribution < -0.4 is 10.9 Å². The van der Waals surface area contributed by atoms with Crippen molar-refractivity contribution in [3.8, 4) is 0 Å². The summed E-state index contributed by atoms with van der Waals surface area (Å²) in [6.07, 6.45) is -14.7. The fourth-order valence-corrected chi connectivity index (χ4v) is 2.51. The van der Waals surface area contributed by atoms with Crippen molar-refractivity contribution in [1.82, 2.24) is 0 Å². The lowest BCUT2D eigenvalue weighted by Crippen LogP contribution is -2.39. The maximum absolute atomic E-state index is 13.3. The number of benzene rings is 2. The molecule has 0 nitrogen and oxygen atoms in total. The molecule has 0 heterocycles. The molecule has 0 spiro atoms. The van der Waals surface area contributed by atoms with Crippen LogP contribution in [0.1, 0.15) is 22.3 Å². The first-order chi connectivity index (χ1) is 12.2. The third-order valence-corrected chi connectivity index (χ3v) is 3.78. The molecule has 0 fully saturated rings. The second kappa shape index (κ2) is 6.97. The normalized spacial score (nSPS) is 12.8. The molecule has 0 aliphatic carbocycles. The molecule has 2 aromatic rings. The van der Waals surface area contributed by atoms with Gasteiger partial charge in [-0.05, 0) is 17.7 Å². The zero-order valence-corrected chi connectivity index (χ0v) is 13.4. The average Bonchev–Trinajstić information content (AvgIpc) is 2.52. The lowest BCUT2D eigenvalue weighted by atomic mass is 9.60. The van der Waals surface area contributed by atoms with E-state index in [2.05, 4.69) is 6.58 Å². The van der Waals surface area contributed by atoms with Crippen molar-refractivity contribution in [3.05, 3.63) is 65.2 Å². The summed E-state index contributed by atoms with van der Waals surface area (Å²) in [5.41, 5.74) is -6.52. The van der Waals surface area contributed by atoms with Gasteiger partial charge >= 0.3 is 18.5 Å². The minimum atomic E-state index is -5.39. The first-order valence-corrected chi connectivity index (χ1v) is 7.33. The first-order valence-electron chi connectivity index (χ1n) is 7.33. The molecule has 0 aliphatic rings. The Morgan fingerprint density at radius 2 is 1.15 bits per heavy atom. The minimum Gasteiger partial charge on any atom is -0.166 e. The summed E-state index contributed by atoms with van der Waals surface area (Å²) in [6, 6.07) is 4.84. The number of hydrogen-bond donors (Lipinski definition) is 0. The number of alkyl halides is 9. The molecule has 0 atom stereocenters. The Hall–Kier alpha value is -2.39. The molecule has 144 valence electrons. The van der Waals surface area contributed by atoms with Crippen LogP contribution in [0.2, 0.25) is 0 Å². The van der Waals surface area contributed by atoms with Crippen molar-refractivity contribution >= 4 is 24.3 Å². The van der Waals surface area contributed by atoms with Gasteiger partial charge in [-0.1, -0.05) is 47.8 Å². The molecular weight excluding hydrogens is 386 g/mol. The predicted molar refractivity (Wildman–Crippen MR) is 84.4 cm³/mol. The van der Waals surface area contributed by atoms with E-state index in [4.69, 9.17) is 0 Å². The van der Waals surface area contributed by atoms with Crippen LogP contribution in [-0.4, -0.2) is 7.28 Å². The maximum Gasteiger partial charge on any atom is 0.416 e. The van der Waals surface area contributed by atoms with E-state index in [-0.39, 0.29) is 17.6 Å². The van der Waals surface area contributed by atoms with Gasteiger partial charge in [-0.2, -0.15) is 39.5 Å². The van der Waals surface area contributed by atoms with Gasteiger partial charge < -0.3 is 0 Å². The van der Waals surface area contributed by atoms with Gasteiger partial charge in [0.2, 0.25) is 0 Å². The summed E-state index contributed by atoms with van der Waals surface area (Å²) in [4.78, 5) is 0. The summed E-state index contributed by atoms with van der Waals surface area (Å²) >= 11 is 0. The number of halogens is 9. The summed E-state index contributed by atoms with van der Waals surface area (Å²) in [7, 11) is -0.834. The highest BCUT2D eigenvalue weighted by atomic mass is 19.4. The Labute approximate surface area is 148 Å². The summed E-state index contributed by atoms with van der Waals surface area (Å²) < 4.78 is 118. The van der Waals surface area contributed by atoms with Crippen LogP contribution in [-0.2, 0) is 18.5 Å². The Bertz CT molecular complexity index is 792. The largest absolute Gasteiger partial charge is 0.416 e. The highest BCUT2D eigenvalue weighted by Crippen LogP contribution is 2.39. The molecule has 0 saturated heterocycles. The molecule has 2 rings (SSSR count). The van der Waals surface area contributed by atoms with E-state index in [1.54, 1.807) is 0 Å². The molecule has 0 aliphatic heterocycles. The van der Waals surface area contributed by atoms with Crippen molar-refractivity contribution in [1.29, 1.82) is 0 Å². The van der Waals surface area contributed by atoms with Crippen LogP contribution >= 0.6 is 0 Å². The zero-order valence-electron chi connectivity index (χ0n) is 13.4. The van der Waals surface area contributed by atoms with Crippen LogP contribution in [0, 0.1) is 0 Å². The van der Waals surface area contributed by atoms with Crippen LogP contribution in [0.4, 0.5) is 39.5 Å². The average molecular weight is 396 g/mol. The van der Waals surface area contributed by atoms with Crippen molar-refractivity contribution < 1.29 is 39.5 Å². The fraction of sp³-hybridized carbons (Fsp3) is 0.176. The fourth-order valence-electron chi connectivity index (χ4n) is 2.51. The van der Waals surface area contributed by atoms with Crippen LogP contribution in [0.3, 0.4) is 0 Å². The minimum absolute atomic E-state index is 0.0800. The number of rotatable bonds is 3. The zero-order chi connectivity index (χ0) is 20.6. The second-order valence-corrected chi connectivity index (χ2v) is 5.67. The van der Waals surface area contributed by atoms with Gasteiger partial charge in [0, 0.05) is 0 Å². The van der Waals surface area contributed by atoms with Gasteiger partial charge in [-0.15, -0.1) is 0 Å². The van der Waals surface area contributed by atoms with E-state index in [1.807, 2.05) is 0 Å². The van der Waals surface area contributed by atoms with Gasteiger partial charge in [-0.25, -0.2) is 0 Å². The Kier molecular flexibility index (Phi) is 5.40. The lowest BCUT2D eigenvalue weighted by Gasteiger charge is -2.21. The molecule has 10 heteroatoms. The smallest absolute Gasteiger partial charge is 0.166 e. The quantitative estimate of drug-likeness (QED) is 0.518. The third kappa shape index (κ3) is 4.87. The van der Waals surface area contributed by atoms with E-state index in [1.165, 1.54) is 30.3 Å². The molecule has 0 unspecified atom stereocenters. The molecule has 0 radical (unpaired) electrons. The topological polar surface area (TPSA) is 0 Å². The van der Waals surface area contributed by atoms with E-state index in [0.717, 1.165) is 0 Å². The van der Waals surface area contributed by atoms with Crippen molar-refractivity contribution in [3.63, 3.8) is 0 Å². The van der Waals surface area contributed by atoms with Crippen molar-refractivity contribution in [2.75, 3.05) is 0 Å². The second-order valence-electron chi connectivity index (χ2n) is 5.67. The van der Waals surface area contributed by atoms with Gasteiger partial charge in [0.1, 0.15) is 0 Å². The van der Waals surface area contributed by atoms with Gasteiger partial charge in [0.15, 0.2) is 7.28 Å². The van der Waals surface area contributed by atoms with Crippen LogP contribution in [0.5, 0.6) is 0 Å². The molecule has 0 amide bonds. The van der Waals surface area contributed by atoms with E-state index in [9.17, 15) is 39.5 Å². The predicted octanol–water partition coefficient (Wildman–Crippen LogP) is 4.77. The van der Waals surface area contributed by atoms with E-state index < -0.39 is 48.0 Å². The lowest BCUT2D eigenvalue weighted by molar-refractivity contribution is -0.147. The van der Waals surface area contributed by atoms with Gasteiger partial charge in [-0.3, -0.25) is 0 Å². The van der Waals surface area contributed by atoms with Crippen molar-refractivity contribution in [2.45, 2.75) is 18.5 Å². The van der Waals surface area contributed by atoms with Gasteiger partial charge in [0.05, 0.1) is 16.7 Å². The van der Waals surface area contributed by atoms with Crippen LogP contribution in [0.25, 0.3) is 6.08 Å². The summed E-state index contributed by atoms with van der Waals surface area (Å²) in [5.74, 6) is 0. The van der Waals surface area contributed by atoms with E-state index in [0.29, 0.717) is 5.56 Å². The SMILES string of the molecule is C=Cc1ccc(Bc2c(C(F)(F)F)cc(C(F)(F)F)cc2C(F)(F)F)cc1. The summed E-state index contributed by atoms with van der Waals surface area (Å²) in [6.45, 7) is 3.47. The molecule has 0 bridgehead atoms. The molecule has 2 aromatic carbocycles. The van der Waals surface area contributed by atoms with Gasteiger partial charge in [0.25, 0.3) is 0 Å². The Morgan fingerprint density at radius 3 is 1.48 bits per heavy atom. The molecule has 0 N–H and O–H groups in total. The maximum atomic E-state index is 13.3. The van der Waals surface area contributed by atoms with Crippen LogP contribution in [0.15, 0.2) is 43.0 Å². The summed E-state index contributed by atoms with van der Waals surface area (Å²) in [5, 5.41) is 0. The third-order valence-electron chi connectivity index (χ3n) is 3.78. The van der Waals surface area contributed by atoms with Crippen molar-refractivity contribution in [2.24, 2.45) is 0 Å². The highest BCUT2D eigenvalue weighted by Gasteiger charge is 2.44. The number of hydrogen-bond acceptors (Lipinski definition) is 0. The Morgan fingerprint density at radius 1 is 0.704 bits per heavy atom.